The standard InChI is InChI=1S/C18H17FN2O3/c1-10-9-14(17-15(22)8-7-13(19)16(10)17)20-21-18(23)11-3-5-12(24-2)6-4-11/h3-8,10,22H,9H2,1-2H3,(H,21,23)/b20-14+/t10-/m1/s1. The van der Waals surface area contributed by atoms with Gasteiger partial charge < -0.3 is 9.84 Å². The van der Waals surface area contributed by atoms with Gasteiger partial charge in [-0.1, -0.05) is 6.92 Å². The summed E-state index contributed by atoms with van der Waals surface area (Å²) >= 11 is 0. The van der Waals surface area contributed by atoms with Gasteiger partial charge in [0.25, 0.3) is 5.91 Å². The Hall–Kier alpha value is -2.89. The van der Waals surface area contributed by atoms with E-state index in [1.54, 1.807) is 31.4 Å². The summed E-state index contributed by atoms with van der Waals surface area (Å²) in [5.74, 6) is -0.252. The molecule has 1 aliphatic rings. The Kier molecular flexibility index (Phi) is 4.20. The predicted molar refractivity (Wildman–Crippen MR) is 88.1 cm³/mol. The maximum absolute atomic E-state index is 14.0. The van der Waals surface area contributed by atoms with Gasteiger partial charge in [0.2, 0.25) is 0 Å². The fraction of sp³-hybridized carbons (Fsp3) is 0.222. The molecule has 0 saturated carbocycles. The highest BCUT2D eigenvalue weighted by molar-refractivity contribution is 6.08. The molecule has 2 aromatic carbocycles. The minimum Gasteiger partial charge on any atom is -0.507 e. The van der Waals surface area contributed by atoms with Crippen LogP contribution in [0.3, 0.4) is 0 Å². The van der Waals surface area contributed by atoms with Crippen LogP contribution in [0.2, 0.25) is 0 Å². The average molecular weight is 328 g/mol. The summed E-state index contributed by atoms with van der Waals surface area (Å²) in [5.41, 5.74) is 4.17. The molecule has 0 saturated heterocycles. The number of benzene rings is 2. The second-order valence-electron chi connectivity index (χ2n) is 5.69. The number of hydrogen-bond donors (Lipinski definition) is 2. The fourth-order valence-electron chi connectivity index (χ4n) is 2.89. The molecule has 0 aromatic heterocycles. The Morgan fingerprint density at radius 2 is 2.00 bits per heavy atom. The number of nitrogens with zero attached hydrogens (tertiary/aromatic N) is 1. The third-order valence-electron chi connectivity index (χ3n) is 4.10. The van der Waals surface area contributed by atoms with Gasteiger partial charge in [-0.15, -0.1) is 0 Å². The number of amides is 1. The van der Waals surface area contributed by atoms with E-state index >= 15 is 0 Å². The molecule has 0 aliphatic heterocycles. The summed E-state index contributed by atoms with van der Waals surface area (Å²) in [5, 5.41) is 14.1. The van der Waals surface area contributed by atoms with Crippen molar-refractivity contribution in [3.05, 3.63) is 58.9 Å². The maximum atomic E-state index is 14.0. The summed E-state index contributed by atoms with van der Waals surface area (Å²) in [6.45, 7) is 1.86. The van der Waals surface area contributed by atoms with E-state index < -0.39 is 0 Å². The molecule has 24 heavy (non-hydrogen) atoms. The molecule has 124 valence electrons. The quantitative estimate of drug-likeness (QED) is 0.850. The number of rotatable bonds is 3. The Labute approximate surface area is 138 Å². The maximum Gasteiger partial charge on any atom is 0.271 e. The monoisotopic (exact) mass is 328 g/mol. The van der Waals surface area contributed by atoms with Crippen LogP contribution in [0.5, 0.6) is 11.5 Å². The first kappa shape index (κ1) is 16.0. The summed E-state index contributed by atoms with van der Waals surface area (Å²) < 4.78 is 19.0. The largest absolute Gasteiger partial charge is 0.507 e. The molecule has 0 fully saturated rings. The normalized spacial score (nSPS) is 17.6. The second kappa shape index (κ2) is 6.31. The lowest BCUT2D eigenvalue weighted by atomic mass is 10.0. The molecule has 2 N–H and O–H groups in total. The number of carbonyl (C=O) groups is 1. The number of halogens is 1. The summed E-state index contributed by atoms with van der Waals surface area (Å²) in [6.07, 6.45) is 0.451. The zero-order valence-corrected chi connectivity index (χ0v) is 13.3. The van der Waals surface area contributed by atoms with Crippen molar-refractivity contribution in [2.45, 2.75) is 19.3 Å². The molecule has 0 spiro atoms. The van der Waals surface area contributed by atoms with Gasteiger partial charge in [0, 0.05) is 16.7 Å². The highest BCUT2D eigenvalue weighted by atomic mass is 19.1. The topological polar surface area (TPSA) is 70.9 Å². The van der Waals surface area contributed by atoms with Gasteiger partial charge in [0.1, 0.15) is 17.3 Å². The Bertz CT molecular complexity index is 816. The number of phenols is 1. The van der Waals surface area contributed by atoms with Crippen molar-refractivity contribution in [1.82, 2.24) is 5.43 Å². The first-order valence-electron chi connectivity index (χ1n) is 7.54. The molecule has 0 radical (unpaired) electrons. The third-order valence-corrected chi connectivity index (χ3v) is 4.10. The highest BCUT2D eigenvalue weighted by Crippen LogP contribution is 2.39. The van der Waals surface area contributed by atoms with E-state index in [0.717, 1.165) is 0 Å². The lowest BCUT2D eigenvalue weighted by molar-refractivity contribution is 0.0954. The van der Waals surface area contributed by atoms with E-state index in [0.29, 0.717) is 34.6 Å². The van der Waals surface area contributed by atoms with Crippen molar-refractivity contribution in [1.29, 1.82) is 0 Å². The molecular formula is C18H17FN2O3. The van der Waals surface area contributed by atoms with Gasteiger partial charge in [-0.3, -0.25) is 4.79 Å². The number of hydrogen-bond acceptors (Lipinski definition) is 4. The van der Waals surface area contributed by atoms with Crippen molar-refractivity contribution in [3.63, 3.8) is 0 Å². The molecular weight excluding hydrogens is 311 g/mol. The first-order valence-corrected chi connectivity index (χ1v) is 7.54. The van der Waals surface area contributed by atoms with Crippen molar-refractivity contribution in [2.24, 2.45) is 5.10 Å². The summed E-state index contributed by atoms with van der Waals surface area (Å²) in [6, 6.07) is 9.14. The van der Waals surface area contributed by atoms with Crippen molar-refractivity contribution in [2.75, 3.05) is 7.11 Å². The van der Waals surface area contributed by atoms with Crippen LogP contribution < -0.4 is 10.2 Å². The van der Waals surface area contributed by atoms with Crippen LogP contribution in [-0.2, 0) is 0 Å². The van der Waals surface area contributed by atoms with E-state index in [4.69, 9.17) is 4.74 Å². The van der Waals surface area contributed by atoms with Crippen LogP contribution in [0.15, 0.2) is 41.5 Å². The number of methoxy groups -OCH3 is 1. The van der Waals surface area contributed by atoms with Crippen LogP contribution >= 0.6 is 0 Å². The highest BCUT2D eigenvalue weighted by Gasteiger charge is 2.30. The molecule has 3 rings (SSSR count). The van der Waals surface area contributed by atoms with Crippen molar-refractivity contribution < 1.29 is 19.0 Å². The number of fused-ring (bicyclic) bond motifs is 1. The smallest absolute Gasteiger partial charge is 0.271 e. The van der Waals surface area contributed by atoms with Gasteiger partial charge in [0.05, 0.1) is 12.8 Å². The van der Waals surface area contributed by atoms with Crippen molar-refractivity contribution in [3.8, 4) is 11.5 Å². The number of aromatic hydroxyl groups is 1. The average Bonchev–Trinajstić information content (AvgIpc) is 2.94. The Morgan fingerprint density at radius 1 is 1.29 bits per heavy atom. The van der Waals surface area contributed by atoms with Gasteiger partial charge >= 0.3 is 0 Å². The van der Waals surface area contributed by atoms with E-state index in [2.05, 4.69) is 10.5 Å². The van der Waals surface area contributed by atoms with Crippen LogP contribution in [0.4, 0.5) is 4.39 Å². The van der Waals surface area contributed by atoms with Gasteiger partial charge in [0.15, 0.2) is 0 Å². The van der Waals surface area contributed by atoms with Gasteiger partial charge in [-0.25, -0.2) is 9.82 Å². The zero-order chi connectivity index (χ0) is 17.3. The van der Waals surface area contributed by atoms with Gasteiger partial charge in [-0.05, 0) is 48.7 Å². The predicted octanol–water partition coefficient (Wildman–Crippen LogP) is 3.18. The van der Waals surface area contributed by atoms with Crippen LogP contribution in [0.1, 0.15) is 40.7 Å². The molecule has 0 unspecified atom stereocenters. The molecule has 6 heteroatoms. The number of carbonyl (C=O) groups excluding carboxylic acids is 1. The SMILES string of the molecule is COc1ccc(C(=O)N/N=C2\C[C@@H](C)c3c(F)ccc(O)c32)cc1. The molecule has 5 nitrogen and oxygen atoms in total. The number of hydrazone groups is 1. The number of ether oxygens (including phenoxy) is 1. The summed E-state index contributed by atoms with van der Waals surface area (Å²) in [7, 11) is 1.55. The van der Waals surface area contributed by atoms with E-state index in [9.17, 15) is 14.3 Å². The third kappa shape index (κ3) is 2.82. The Balaban J connectivity index is 1.84. The zero-order valence-electron chi connectivity index (χ0n) is 13.3. The number of nitrogens with one attached hydrogen (secondary N) is 1. The molecule has 1 aliphatic carbocycles. The lowest BCUT2D eigenvalue weighted by Gasteiger charge is -2.06. The van der Waals surface area contributed by atoms with Crippen LogP contribution in [-0.4, -0.2) is 23.8 Å². The summed E-state index contributed by atoms with van der Waals surface area (Å²) in [4.78, 5) is 12.2. The molecule has 1 atom stereocenters. The minimum atomic E-state index is -0.387. The molecule has 0 bridgehead atoms. The van der Waals surface area contributed by atoms with E-state index in [-0.39, 0.29) is 23.4 Å². The van der Waals surface area contributed by atoms with Crippen LogP contribution in [0.25, 0.3) is 0 Å². The molecule has 0 heterocycles. The second-order valence-corrected chi connectivity index (χ2v) is 5.69. The molecule has 1 amide bonds. The van der Waals surface area contributed by atoms with Gasteiger partial charge in [-0.2, -0.15) is 5.10 Å². The van der Waals surface area contributed by atoms with Crippen molar-refractivity contribution >= 4 is 11.6 Å². The lowest BCUT2D eigenvalue weighted by Crippen LogP contribution is -2.19. The van der Waals surface area contributed by atoms with E-state index in [1.165, 1.54) is 12.1 Å². The first-order chi connectivity index (χ1) is 11.5. The number of phenolic OH excluding ortho intramolecular Hbond substituents is 1. The van der Waals surface area contributed by atoms with E-state index in [1.807, 2.05) is 6.92 Å². The Morgan fingerprint density at radius 3 is 2.67 bits per heavy atom. The molecule has 2 aromatic rings. The van der Waals surface area contributed by atoms with Crippen LogP contribution in [0, 0.1) is 5.82 Å². The fourth-order valence-corrected chi connectivity index (χ4v) is 2.89. The minimum absolute atomic E-state index is 0.0341.